The van der Waals surface area contributed by atoms with E-state index < -0.39 is 0 Å². The number of anilines is 1. The van der Waals surface area contributed by atoms with Crippen molar-refractivity contribution < 1.29 is 18.8 Å². The molecule has 1 aromatic carbocycles. The molecule has 3 aromatic rings. The molecule has 0 aliphatic rings. The Morgan fingerprint density at radius 1 is 1.27 bits per heavy atom. The molecular weight excluding hydrogens is 360 g/mol. The molecular formula is C17H17ClN4O4. The van der Waals surface area contributed by atoms with Gasteiger partial charge in [0.15, 0.2) is 11.0 Å². The van der Waals surface area contributed by atoms with Gasteiger partial charge in [0.25, 0.3) is 0 Å². The van der Waals surface area contributed by atoms with E-state index in [-0.39, 0.29) is 17.5 Å². The molecule has 0 spiro atoms. The van der Waals surface area contributed by atoms with E-state index in [4.69, 9.17) is 25.6 Å². The third-order valence-electron chi connectivity index (χ3n) is 3.67. The van der Waals surface area contributed by atoms with Crippen LogP contribution in [0.25, 0.3) is 11.3 Å². The van der Waals surface area contributed by atoms with E-state index in [0.29, 0.717) is 35.2 Å². The van der Waals surface area contributed by atoms with Crippen LogP contribution in [0, 0.1) is 0 Å². The number of halogens is 1. The summed E-state index contributed by atoms with van der Waals surface area (Å²) >= 11 is 5.67. The third-order valence-corrected chi connectivity index (χ3v) is 3.85. The molecule has 0 saturated heterocycles. The van der Waals surface area contributed by atoms with Crippen LogP contribution in [-0.2, 0) is 11.2 Å². The first-order valence-electron chi connectivity index (χ1n) is 7.78. The number of rotatable bonds is 7. The van der Waals surface area contributed by atoms with Crippen LogP contribution in [0.3, 0.4) is 0 Å². The smallest absolute Gasteiger partial charge is 0.226 e. The van der Waals surface area contributed by atoms with Crippen molar-refractivity contribution in [1.82, 2.24) is 15.4 Å². The van der Waals surface area contributed by atoms with Crippen molar-refractivity contribution in [3.63, 3.8) is 0 Å². The number of hydrogen-bond acceptors (Lipinski definition) is 6. The second-order valence-electron chi connectivity index (χ2n) is 5.40. The number of ether oxygens (including phenoxy) is 2. The summed E-state index contributed by atoms with van der Waals surface area (Å²) in [5.41, 5.74) is 1.51. The summed E-state index contributed by atoms with van der Waals surface area (Å²) in [6, 6.07) is 8.76. The monoisotopic (exact) mass is 376 g/mol. The average Bonchev–Trinajstić information content (AvgIpc) is 3.28. The molecule has 0 aliphatic heterocycles. The van der Waals surface area contributed by atoms with Gasteiger partial charge >= 0.3 is 0 Å². The maximum absolute atomic E-state index is 12.0. The number of aryl methyl sites for hydroxylation is 1. The number of nitrogens with one attached hydrogen (secondary N) is 2. The largest absolute Gasteiger partial charge is 0.497 e. The number of hydrogen-bond donors (Lipinski definition) is 2. The van der Waals surface area contributed by atoms with E-state index in [9.17, 15) is 4.79 Å². The highest BCUT2D eigenvalue weighted by Crippen LogP contribution is 2.33. The number of methoxy groups -OCH3 is 2. The molecule has 9 heteroatoms. The summed E-state index contributed by atoms with van der Waals surface area (Å²) in [4.78, 5) is 12.0. The van der Waals surface area contributed by atoms with Crippen molar-refractivity contribution >= 4 is 23.3 Å². The molecule has 2 N–H and O–H groups in total. The van der Waals surface area contributed by atoms with Crippen LogP contribution in [-0.4, -0.2) is 35.5 Å². The number of nitrogens with zero attached hydrogens (tertiary/aromatic N) is 2. The van der Waals surface area contributed by atoms with Gasteiger partial charge in [-0.05, 0) is 12.1 Å². The summed E-state index contributed by atoms with van der Waals surface area (Å²) in [5.74, 6) is 2.09. The Balaban J connectivity index is 1.65. The molecule has 0 unspecified atom stereocenters. The second kappa shape index (κ2) is 7.92. The van der Waals surface area contributed by atoms with Gasteiger partial charge in [0, 0.05) is 36.6 Å². The Kier molecular flexibility index (Phi) is 5.43. The molecule has 0 bridgehead atoms. The normalized spacial score (nSPS) is 10.6. The summed E-state index contributed by atoms with van der Waals surface area (Å²) in [7, 11) is 3.16. The molecule has 0 radical (unpaired) electrons. The van der Waals surface area contributed by atoms with Crippen molar-refractivity contribution in [3.05, 3.63) is 41.2 Å². The molecule has 0 fully saturated rings. The Hall–Kier alpha value is -3.00. The summed E-state index contributed by atoms with van der Waals surface area (Å²) in [6.07, 6.45) is 0.620. The molecule has 26 heavy (non-hydrogen) atoms. The average molecular weight is 377 g/mol. The van der Waals surface area contributed by atoms with E-state index in [1.165, 1.54) is 0 Å². The minimum absolute atomic E-state index is 0.197. The van der Waals surface area contributed by atoms with Gasteiger partial charge in [-0.2, -0.15) is 5.10 Å². The lowest BCUT2D eigenvalue weighted by Crippen LogP contribution is -2.12. The number of aromatic amines is 1. The van der Waals surface area contributed by atoms with Gasteiger partial charge in [-0.25, -0.2) is 0 Å². The van der Waals surface area contributed by atoms with Gasteiger partial charge in [-0.15, -0.1) is 0 Å². The van der Waals surface area contributed by atoms with E-state index in [0.717, 1.165) is 5.56 Å². The van der Waals surface area contributed by atoms with Crippen molar-refractivity contribution in [3.8, 4) is 22.8 Å². The Morgan fingerprint density at radius 3 is 2.81 bits per heavy atom. The van der Waals surface area contributed by atoms with Crippen LogP contribution in [0.4, 0.5) is 5.82 Å². The number of carbonyl (C=O) groups is 1. The molecule has 0 saturated carbocycles. The van der Waals surface area contributed by atoms with E-state index in [1.807, 2.05) is 12.1 Å². The van der Waals surface area contributed by atoms with E-state index in [1.54, 1.807) is 32.4 Å². The van der Waals surface area contributed by atoms with Crippen molar-refractivity contribution in [1.29, 1.82) is 0 Å². The van der Waals surface area contributed by atoms with Gasteiger partial charge in [0.2, 0.25) is 5.91 Å². The highest BCUT2D eigenvalue weighted by Gasteiger charge is 2.13. The van der Waals surface area contributed by atoms with Gasteiger partial charge in [0.05, 0.1) is 19.9 Å². The molecule has 136 valence electrons. The molecule has 8 nitrogen and oxygen atoms in total. The highest BCUT2D eigenvalue weighted by atomic mass is 35.5. The molecule has 0 atom stereocenters. The number of H-pyrrole nitrogens is 1. The fourth-order valence-electron chi connectivity index (χ4n) is 2.39. The van der Waals surface area contributed by atoms with Gasteiger partial charge in [-0.1, -0.05) is 16.8 Å². The fraction of sp³-hybridized carbons (Fsp3) is 0.235. The topological polar surface area (TPSA) is 102 Å². The third kappa shape index (κ3) is 4.15. The summed E-state index contributed by atoms with van der Waals surface area (Å²) < 4.78 is 15.5. The minimum Gasteiger partial charge on any atom is -0.497 e. The first-order valence-corrected chi connectivity index (χ1v) is 8.15. The SMILES string of the molecule is COc1ccc(-c2cc(NC(=O)CCc3cc(Cl)no3)n[nH]2)c(OC)c1. The van der Waals surface area contributed by atoms with E-state index in [2.05, 4.69) is 20.7 Å². The Morgan fingerprint density at radius 2 is 2.12 bits per heavy atom. The summed E-state index contributed by atoms with van der Waals surface area (Å²) in [5, 5.41) is 13.6. The Labute approximate surface area is 154 Å². The maximum Gasteiger partial charge on any atom is 0.226 e. The first-order chi connectivity index (χ1) is 12.6. The van der Waals surface area contributed by atoms with Crippen LogP contribution in [0.1, 0.15) is 12.2 Å². The highest BCUT2D eigenvalue weighted by molar-refractivity contribution is 6.29. The van der Waals surface area contributed by atoms with Crippen molar-refractivity contribution in [2.75, 3.05) is 19.5 Å². The quantitative estimate of drug-likeness (QED) is 0.655. The second-order valence-corrected chi connectivity index (χ2v) is 5.78. The fourth-order valence-corrected chi connectivity index (χ4v) is 2.55. The van der Waals surface area contributed by atoms with Crippen LogP contribution < -0.4 is 14.8 Å². The Bertz CT molecular complexity index is 906. The number of aromatic nitrogens is 3. The summed E-state index contributed by atoms with van der Waals surface area (Å²) in [6.45, 7) is 0. The lowest BCUT2D eigenvalue weighted by atomic mass is 10.1. The minimum atomic E-state index is -0.197. The first kappa shape index (κ1) is 17.8. The lowest BCUT2D eigenvalue weighted by Gasteiger charge is -2.08. The zero-order chi connectivity index (χ0) is 18.5. The van der Waals surface area contributed by atoms with Gasteiger partial charge in [-0.3, -0.25) is 9.89 Å². The van der Waals surface area contributed by atoms with Crippen LogP contribution in [0.2, 0.25) is 5.15 Å². The molecule has 3 rings (SSSR count). The number of benzene rings is 1. The lowest BCUT2D eigenvalue weighted by molar-refractivity contribution is -0.116. The molecule has 2 aromatic heterocycles. The van der Waals surface area contributed by atoms with Crippen LogP contribution >= 0.6 is 11.6 Å². The van der Waals surface area contributed by atoms with Crippen molar-refractivity contribution in [2.24, 2.45) is 0 Å². The van der Waals surface area contributed by atoms with Gasteiger partial charge < -0.3 is 19.3 Å². The predicted molar refractivity (Wildman–Crippen MR) is 95.6 cm³/mol. The molecule has 1 amide bonds. The standard InChI is InChI=1S/C17H17ClN4O4/c1-24-10-3-5-12(14(7-10)25-2)13-9-16(21-20-13)19-17(23)6-4-11-8-15(18)22-26-11/h3,5,7-9H,4,6H2,1-2H3,(H2,19,20,21,23). The predicted octanol–water partition coefficient (Wildman–Crippen LogP) is 3.31. The molecule has 0 aliphatic carbocycles. The van der Waals surface area contributed by atoms with Gasteiger partial charge in [0.1, 0.15) is 17.3 Å². The zero-order valence-electron chi connectivity index (χ0n) is 14.2. The number of carbonyl (C=O) groups excluding carboxylic acids is 1. The maximum atomic E-state index is 12.0. The van der Waals surface area contributed by atoms with E-state index >= 15 is 0 Å². The van der Waals surface area contributed by atoms with Crippen LogP contribution in [0.5, 0.6) is 11.5 Å². The van der Waals surface area contributed by atoms with Crippen LogP contribution in [0.15, 0.2) is 34.9 Å². The zero-order valence-corrected chi connectivity index (χ0v) is 15.0. The van der Waals surface area contributed by atoms with Crippen molar-refractivity contribution in [2.45, 2.75) is 12.8 Å². The number of amides is 1. The molecule has 2 heterocycles.